The third kappa shape index (κ3) is 5.11. The zero-order valence-corrected chi connectivity index (χ0v) is 15.9. The van der Waals surface area contributed by atoms with E-state index in [1.165, 1.54) is 29.6 Å². The summed E-state index contributed by atoms with van der Waals surface area (Å²) in [6, 6.07) is 7.93. The summed E-state index contributed by atoms with van der Waals surface area (Å²) in [7, 11) is 0. The first-order valence-corrected chi connectivity index (χ1v) is 9.29. The molecule has 0 bridgehead atoms. The molecule has 1 aromatic carbocycles. The van der Waals surface area contributed by atoms with E-state index in [2.05, 4.69) is 39.5 Å². The number of aromatic nitrogens is 4. The molecule has 0 radical (unpaired) electrons. The predicted molar refractivity (Wildman–Crippen MR) is 101 cm³/mol. The quantitative estimate of drug-likeness (QED) is 0.857. The third-order valence-corrected chi connectivity index (χ3v) is 4.59. The molecule has 1 aliphatic rings. The fraction of sp³-hybridized carbons (Fsp3) is 0.579. The van der Waals surface area contributed by atoms with Gasteiger partial charge in [0.05, 0.1) is 0 Å². The Hall–Kier alpha value is -2.28. The average Bonchev–Trinajstić information content (AvgIpc) is 3.03. The lowest BCUT2D eigenvalue weighted by atomic mass is 10.0. The van der Waals surface area contributed by atoms with E-state index in [9.17, 15) is 4.79 Å². The number of nitrogens with zero attached hydrogens (tertiary/aromatic N) is 5. The highest BCUT2D eigenvalue weighted by molar-refractivity contribution is 5.76. The molecule has 1 amide bonds. The number of tetrazole rings is 1. The highest BCUT2D eigenvalue weighted by Crippen LogP contribution is 2.15. The molecule has 1 saturated heterocycles. The Bertz CT molecular complexity index is 731. The number of carbonyl (C=O) groups excluding carboxylic acids is 1. The number of benzene rings is 1. The van der Waals surface area contributed by atoms with Crippen LogP contribution < -0.4 is 5.32 Å². The van der Waals surface area contributed by atoms with Crippen molar-refractivity contribution >= 4 is 5.91 Å². The maximum atomic E-state index is 12.4. The van der Waals surface area contributed by atoms with Crippen molar-refractivity contribution in [3.63, 3.8) is 0 Å². The molecule has 26 heavy (non-hydrogen) atoms. The van der Waals surface area contributed by atoms with E-state index in [4.69, 9.17) is 0 Å². The standard InChI is InChI=1S/C19H28N6O/c1-15-7-9-16(10-8-15)18-21-23-25(22-18)13-17(26)20-19(2,3)14-24-11-5-4-6-12-24/h7-10H,4-6,11-14H2,1-3H3,(H,20,26). The van der Waals surface area contributed by atoms with Gasteiger partial charge < -0.3 is 10.2 Å². The fourth-order valence-electron chi connectivity index (χ4n) is 3.39. The summed E-state index contributed by atoms with van der Waals surface area (Å²) in [5.41, 5.74) is 1.79. The molecular weight excluding hydrogens is 328 g/mol. The minimum Gasteiger partial charge on any atom is -0.348 e. The summed E-state index contributed by atoms with van der Waals surface area (Å²) >= 11 is 0. The van der Waals surface area contributed by atoms with Crippen LogP contribution in [-0.2, 0) is 11.3 Å². The van der Waals surface area contributed by atoms with Gasteiger partial charge in [-0.1, -0.05) is 36.2 Å². The van der Waals surface area contributed by atoms with Crippen LogP contribution in [0.1, 0.15) is 38.7 Å². The number of piperidine rings is 1. The molecule has 0 spiro atoms. The minimum absolute atomic E-state index is 0.0717. The molecule has 1 aromatic heterocycles. The zero-order chi connectivity index (χ0) is 18.6. The third-order valence-electron chi connectivity index (χ3n) is 4.59. The molecule has 2 heterocycles. The Kier molecular flexibility index (Phi) is 5.66. The van der Waals surface area contributed by atoms with Gasteiger partial charge in [-0.3, -0.25) is 4.79 Å². The molecule has 1 fully saturated rings. The van der Waals surface area contributed by atoms with Gasteiger partial charge in [0.2, 0.25) is 11.7 Å². The maximum absolute atomic E-state index is 12.4. The minimum atomic E-state index is -0.283. The van der Waals surface area contributed by atoms with E-state index in [-0.39, 0.29) is 18.0 Å². The lowest BCUT2D eigenvalue weighted by Crippen LogP contribution is -2.53. The van der Waals surface area contributed by atoms with Crippen LogP contribution >= 0.6 is 0 Å². The number of rotatable bonds is 6. The van der Waals surface area contributed by atoms with E-state index < -0.39 is 0 Å². The lowest BCUT2D eigenvalue weighted by Gasteiger charge is -2.35. The topological polar surface area (TPSA) is 75.9 Å². The largest absolute Gasteiger partial charge is 0.348 e. The molecule has 7 nitrogen and oxygen atoms in total. The van der Waals surface area contributed by atoms with Crippen LogP contribution in [0.4, 0.5) is 0 Å². The second kappa shape index (κ2) is 7.95. The summed E-state index contributed by atoms with van der Waals surface area (Å²) in [6.45, 7) is 9.32. The summed E-state index contributed by atoms with van der Waals surface area (Å²) < 4.78 is 0. The van der Waals surface area contributed by atoms with Crippen LogP contribution in [0, 0.1) is 6.92 Å². The van der Waals surface area contributed by atoms with Crippen LogP contribution in [0.15, 0.2) is 24.3 Å². The zero-order valence-electron chi connectivity index (χ0n) is 15.9. The molecule has 0 unspecified atom stereocenters. The number of carbonyl (C=O) groups is 1. The lowest BCUT2D eigenvalue weighted by molar-refractivity contribution is -0.123. The van der Waals surface area contributed by atoms with Crippen LogP contribution in [0.2, 0.25) is 0 Å². The molecule has 0 atom stereocenters. The molecule has 1 N–H and O–H groups in total. The second-order valence-electron chi connectivity index (χ2n) is 7.78. The summed E-state index contributed by atoms with van der Waals surface area (Å²) in [6.07, 6.45) is 3.80. The molecule has 2 aromatic rings. The first-order chi connectivity index (χ1) is 12.4. The van der Waals surface area contributed by atoms with Crippen molar-refractivity contribution in [2.45, 2.75) is 52.1 Å². The highest BCUT2D eigenvalue weighted by Gasteiger charge is 2.25. The molecule has 0 saturated carbocycles. The number of amides is 1. The first kappa shape index (κ1) is 18.5. The van der Waals surface area contributed by atoms with Gasteiger partial charge in [-0.2, -0.15) is 4.80 Å². The van der Waals surface area contributed by atoms with Gasteiger partial charge in [-0.15, -0.1) is 10.2 Å². The van der Waals surface area contributed by atoms with Gasteiger partial charge in [0, 0.05) is 17.6 Å². The Morgan fingerprint density at radius 1 is 1.15 bits per heavy atom. The highest BCUT2D eigenvalue weighted by atomic mass is 16.2. The summed E-state index contributed by atoms with van der Waals surface area (Å²) in [4.78, 5) is 16.2. The van der Waals surface area contributed by atoms with Crippen molar-refractivity contribution in [1.82, 2.24) is 30.4 Å². The number of hydrogen-bond acceptors (Lipinski definition) is 5. The van der Waals surface area contributed by atoms with Gasteiger partial charge in [-0.05, 0) is 51.9 Å². The summed E-state index contributed by atoms with van der Waals surface area (Å²) in [5.74, 6) is 0.435. The second-order valence-corrected chi connectivity index (χ2v) is 7.78. The monoisotopic (exact) mass is 356 g/mol. The van der Waals surface area contributed by atoms with Crippen LogP contribution in [0.5, 0.6) is 0 Å². The van der Waals surface area contributed by atoms with Crippen molar-refractivity contribution in [2.24, 2.45) is 0 Å². The van der Waals surface area contributed by atoms with E-state index in [1.54, 1.807) is 0 Å². The van der Waals surface area contributed by atoms with Crippen molar-refractivity contribution in [3.8, 4) is 11.4 Å². The SMILES string of the molecule is Cc1ccc(-c2nnn(CC(=O)NC(C)(C)CN3CCCCC3)n2)cc1. The Morgan fingerprint density at radius 3 is 2.54 bits per heavy atom. The fourth-order valence-corrected chi connectivity index (χ4v) is 3.39. The first-order valence-electron chi connectivity index (χ1n) is 9.29. The number of aryl methyl sites for hydroxylation is 1. The number of likely N-dealkylation sites (tertiary alicyclic amines) is 1. The molecule has 1 aliphatic heterocycles. The van der Waals surface area contributed by atoms with Gasteiger partial charge in [0.15, 0.2) is 0 Å². The number of nitrogens with one attached hydrogen (secondary N) is 1. The summed E-state index contributed by atoms with van der Waals surface area (Å²) in [5, 5.41) is 15.5. The van der Waals surface area contributed by atoms with Gasteiger partial charge in [-0.25, -0.2) is 0 Å². The molecule has 3 rings (SSSR count). The Balaban J connectivity index is 1.55. The predicted octanol–water partition coefficient (Wildman–Crippen LogP) is 2.03. The van der Waals surface area contributed by atoms with Crippen LogP contribution in [0.3, 0.4) is 0 Å². The van der Waals surface area contributed by atoms with Crippen LogP contribution in [-0.4, -0.2) is 56.2 Å². The van der Waals surface area contributed by atoms with Gasteiger partial charge in [0.25, 0.3) is 0 Å². The van der Waals surface area contributed by atoms with Gasteiger partial charge >= 0.3 is 0 Å². The average molecular weight is 356 g/mol. The van der Waals surface area contributed by atoms with Crippen molar-refractivity contribution in [1.29, 1.82) is 0 Å². The number of hydrogen-bond donors (Lipinski definition) is 1. The Labute approximate surface area is 154 Å². The van der Waals surface area contributed by atoms with E-state index >= 15 is 0 Å². The van der Waals surface area contributed by atoms with E-state index in [0.717, 1.165) is 25.2 Å². The Morgan fingerprint density at radius 2 is 1.85 bits per heavy atom. The maximum Gasteiger partial charge on any atom is 0.244 e. The molecule has 140 valence electrons. The normalized spacial score (nSPS) is 15.8. The van der Waals surface area contributed by atoms with Gasteiger partial charge in [0.1, 0.15) is 6.54 Å². The van der Waals surface area contributed by atoms with E-state index in [0.29, 0.717) is 5.82 Å². The van der Waals surface area contributed by atoms with E-state index in [1.807, 2.05) is 31.2 Å². The smallest absolute Gasteiger partial charge is 0.244 e. The van der Waals surface area contributed by atoms with Crippen molar-refractivity contribution in [2.75, 3.05) is 19.6 Å². The molecule has 0 aliphatic carbocycles. The molecular formula is C19H28N6O. The van der Waals surface area contributed by atoms with Crippen LogP contribution in [0.25, 0.3) is 11.4 Å². The van der Waals surface area contributed by atoms with Crippen molar-refractivity contribution in [3.05, 3.63) is 29.8 Å². The van der Waals surface area contributed by atoms with Crippen molar-refractivity contribution < 1.29 is 4.79 Å². The molecule has 7 heteroatoms.